The normalized spacial score (nSPS) is 13.6. The first kappa shape index (κ1) is 39.2. The highest BCUT2D eigenvalue weighted by Crippen LogP contribution is 2.26. The number of carbonyl (C=O) groups excluding carboxylic acids is 7. The minimum absolute atomic E-state index is 0.0844. The van der Waals surface area contributed by atoms with Crippen molar-refractivity contribution in [2.24, 2.45) is 17.6 Å². The van der Waals surface area contributed by atoms with Crippen molar-refractivity contribution < 1.29 is 43.0 Å². The summed E-state index contributed by atoms with van der Waals surface area (Å²) < 4.78 is 11.2. The predicted molar refractivity (Wildman–Crippen MR) is 177 cm³/mol. The van der Waals surface area contributed by atoms with E-state index in [0.29, 0.717) is 49.4 Å². The van der Waals surface area contributed by atoms with Crippen LogP contribution in [0.15, 0.2) is 30.4 Å². The number of Topliss-reactive ketones (excluding diaryl/α,β-unsaturated/α-hetero) is 1. The molecule has 1 aliphatic rings. The third kappa shape index (κ3) is 13.8. The molecule has 0 fully saturated rings. The zero-order chi connectivity index (χ0) is 35.6. The number of nitrogens with two attached hydrogens (primary N) is 1. The van der Waals surface area contributed by atoms with E-state index < -0.39 is 30.0 Å². The van der Waals surface area contributed by atoms with Crippen molar-refractivity contribution in [1.82, 2.24) is 20.9 Å². The summed E-state index contributed by atoms with van der Waals surface area (Å²) in [4.78, 5) is 85.8. The molecule has 1 aromatic rings. The zero-order valence-corrected chi connectivity index (χ0v) is 28.1. The third-order valence-electron chi connectivity index (χ3n) is 7.55. The fraction of sp³-hybridized carbons (Fsp3) is 0.545. The van der Waals surface area contributed by atoms with E-state index in [2.05, 4.69) is 21.3 Å². The molecular formula is C33H48N6O9. The molecule has 2 atom stereocenters. The van der Waals surface area contributed by atoms with Crippen LogP contribution in [0.25, 0.3) is 0 Å². The number of imide groups is 1. The maximum absolute atomic E-state index is 13.5. The van der Waals surface area contributed by atoms with Crippen molar-refractivity contribution in [3.63, 3.8) is 0 Å². The van der Waals surface area contributed by atoms with Crippen LogP contribution in [0, 0.1) is 11.8 Å². The van der Waals surface area contributed by atoms with E-state index in [4.69, 9.17) is 15.2 Å². The first-order valence-corrected chi connectivity index (χ1v) is 16.1. The highest BCUT2D eigenvalue weighted by molar-refractivity contribution is 6.12. The summed E-state index contributed by atoms with van der Waals surface area (Å²) in [5, 5.41) is 10.4. The molecule has 0 aliphatic carbocycles. The lowest BCUT2D eigenvalue weighted by atomic mass is 9.89. The maximum atomic E-state index is 13.5. The molecule has 1 aromatic carbocycles. The van der Waals surface area contributed by atoms with Crippen LogP contribution in [-0.2, 0) is 35.3 Å². The Kier molecular flexibility index (Phi) is 16.6. The number of unbranched alkanes of at least 4 members (excludes halogenated alkanes) is 3. The number of ether oxygens (including phenoxy) is 2. The van der Waals surface area contributed by atoms with E-state index in [1.54, 1.807) is 32.0 Å². The predicted octanol–water partition coefficient (Wildman–Crippen LogP) is 2.53. The molecule has 0 radical (unpaired) electrons. The molecule has 0 unspecified atom stereocenters. The second-order valence-corrected chi connectivity index (χ2v) is 11.8. The number of benzene rings is 1. The standard InChI is InChI=1S/C33H48N6O9/c1-21(2)30(37-22(3)40)26(41)18-23(10-9-15-36-32(34)45)31(44)38-25-12-11-24(20-48-33(46)35-4)27(19-25)47-17-8-6-5-7-16-39-28(42)13-14-29(39)43/h11-14,19,21,23,30H,5-10,15-18,20H2,1-4H3,(H,35,46)(H,37,40)(H,38,44)(H3,34,36,45)/t23-,30+/m1/s1. The van der Waals surface area contributed by atoms with Gasteiger partial charge in [0, 0.05) is 68.9 Å². The van der Waals surface area contributed by atoms with Gasteiger partial charge in [0.05, 0.1) is 12.6 Å². The molecule has 15 nitrogen and oxygen atoms in total. The molecule has 0 spiro atoms. The average Bonchev–Trinajstić information content (AvgIpc) is 3.35. The minimum atomic E-state index is -0.773. The number of anilines is 1. The van der Waals surface area contributed by atoms with Crippen LogP contribution in [0.3, 0.4) is 0 Å². The van der Waals surface area contributed by atoms with Crippen molar-refractivity contribution in [1.29, 1.82) is 0 Å². The number of nitrogens with one attached hydrogen (secondary N) is 4. The van der Waals surface area contributed by atoms with Gasteiger partial charge in [-0.2, -0.15) is 0 Å². The van der Waals surface area contributed by atoms with Crippen LogP contribution in [0.2, 0.25) is 0 Å². The van der Waals surface area contributed by atoms with Gasteiger partial charge in [0.2, 0.25) is 11.8 Å². The number of carbonyl (C=O) groups is 7. The quantitative estimate of drug-likeness (QED) is 0.0957. The lowest BCUT2D eigenvalue weighted by molar-refractivity contribution is -0.137. The SMILES string of the molecule is CNC(=O)OCc1ccc(NC(=O)[C@H](CCCNC(N)=O)CC(=O)[C@@H](NC(C)=O)C(C)C)cc1OCCCCCCN1C(=O)C=CC1=O. The number of nitrogens with zero attached hydrogens (tertiary/aromatic N) is 1. The van der Waals surface area contributed by atoms with Crippen molar-refractivity contribution in [2.75, 3.05) is 32.1 Å². The molecule has 0 saturated heterocycles. The highest BCUT2D eigenvalue weighted by Gasteiger charge is 2.29. The van der Waals surface area contributed by atoms with E-state index in [1.807, 2.05) is 0 Å². The average molecular weight is 673 g/mol. The molecule has 6 N–H and O–H groups in total. The molecule has 1 aliphatic heterocycles. The van der Waals surface area contributed by atoms with Crippen LogP contribution < -0.4 is 31.7 Å². The topological polar surface area (TPSA) is 215 Å². The molecule has 1 heterocycles. The lowest BCUT2D eigenvalue weighted by Crippen LogP contribution is -2.44. The number of alkyl carbamates (subject to hydrolysis) is 1. The fourth-order valence-electron chi connectivity index (χ4n) is 5.00. The van der Waals surface area contributed by atoms with E-state index in [1.165, 1.54) is 31.0 Å². The summed E-state index contributed by atoms with van der Waals surface area (Å²) in [5.41, 5.74) is 6.10. The molecule has 264 valence electrons. The number of urea groups is 1. The zero-order valence-electron chi connectivity index (χ0n) is 28.1. The van der Waals surface area contributed by atoms with Crippen LogP contribution in [0.5, 0.6) is 5.75 Å². The Morgan fingerprint density at radius 3 is 2.27 bits per heavy atom. The Morgan fingerprint density at radius 1 is 0.958 bits per heavy atom. The number of hydrogen-bond acceptors (Lipinski definition) is 9. The Balaban J connectivity index is 2.09. The summed E-state index contributed by atoms with van der Waals surface area (Å²) in [5.74, 6) is -2.25. The summed E-state index contributed by atoms with van der Waals surface area (Å²) in [6.07, 6.45) is 5.30. The summed E-state index contributed by atoms with van der Waals surface area (Å²) in [6.45, 7) is 5.74. The number of primary amides is 1. The van der Waals surface area contributed by atoms with Gasteiger partial charge in [-0.25, -0.2) is 9.59 Å². The van der Waals surface area contributed by atoms with Gasteiger partial charge in [-0.1, -0.05) is 26.7 Å². The summed E-state index contributed by atoms with van der Waals surface area (Å²) in [7, 11) is 1.44. The van der Waals surface area contributed by atoms with Gasteiger partial charge in [-0.3, -0.25) is 28.9 Å². The number of ketones is 1. The van der Waals surface area contributed by atoms with Gasteiger partial charge >= 0.3 is 12.1 Å². The lowest BCUT2D eigenvalue weighted by Gasteiger charge is -2.23. The van der Waals surface area contributed by atoms with Gasteiger partial charge < -0.3 is 36.5 Å². The first-order valence-electron chi connectivity index (χ1n) is 16.1. The van der Waals surface area contributed by atoms with Crippen LogP contribution in [0.4, 0.5) is 15.3 Å². The molecule has 7 amide bonds. The van der Waals surface area contributed by atoms with E-state index in [0.717, 1.165) is 12.8 Å². The van der Waals surface area contributed by atoms with E-state index >= 15 is 0 Å². The van der Waals surface area contributed by atoms with Gasteiger partial charge in [-0.15, -0.1) is 0 Å². The molecule has 0 saturated carbocycles. The second kappa shape index (κ2) is 20.3. The molecular weight excluding hydrogens is 624 g/mol. The third-order valence-corrected chi connectivity index (χ3v) is 7.55. The Labute approximate surface area is 280 Å². The Hall–Kier alpha value is -4.95. The van der Waals surface area contributed by atoms with Gasteiger partial charge in [0.25, 0.3) is 11.8 Å². The van der Waals surface area contributed by atoms with E-state index in [9.17, 15) is 33.6 Å². The van der Waals surface area contributed by atoms with E-state index in [-0.39, 0.29) is 55.4 Å². The van der Waals surface area contributed by atoms with Gasteiger partial charge in [0.15, 0.2) is 5.78 Å². The first-order chi connectivity index (χ1) is 22.8. The number of rotatable bonds is 21. The molecule has 0 aromatic heterocycles. The van der Waals surface area contributed by atoms with Gasteiger partial charge in [-0.05, 0) is 43.7 Å². The molecule has 48 heavy (non-hydrogen) atoms. The molecule has 2 rings (SSSR count). The van der Waals surface area contributed by atoms with Gasteiger partial charge in [0.1, 0.15) is 12.4 Å². The maximum Gasteiger partial charge on any atom is 0.407 e. The van der Waals surface area contributed by atoms with Crippen molar-refractivity contribution in [3.8, 4) is 5.75 Å². The smallest absolute Gasteiger partial charge is 0.407 e. The largest absolute Gasteiger partial charge is 0.493 e. The van der Waals surface area contributed by atoms with Crippen molar-refractivity contribution in [2.45, 2.75) is 78.4 Å². The number of hydrogen-bond donors (Lipinski definition) is 5. The summed E-state index contributed by atoms with van der Waals surface area (Å²) in [6, 6.07) is 3.45. The number of amides is 7. The highest BCUT2D eigenvalue weighted by atomic mass is 16.5. The molecule has 0 bridgehead atoms. The summed E-state index contributed by atoms with van der Waals surface area (Å²) >= 11 is 0. The Morgan fingerprint density at radius 2 is 1.65 bits per heavy atom. The fourth-order valence-corrected chi connectivity index (χ4v) is 5.00. The molecule has 15 heteroatoms. The van der Waals surface area contributed by atoms with Crippen LogP contribution in [0.1, 0.15) is 71.3 Å². The Bertz CT molecular complexity index is 1330. The van der Waals surface area contributed by atoms with Crippen LogP contribution in [-0.4, -0.2) is 79.2 Å². The van der Waals surface area contributed by atoms with Crippen molar-refractivity contribution in [3.05, 3.63) is 35.9 Å². The monoisotopic (exact) mass is 672 g/mol. The van der Waals surface area contributed by atoms with Crippen LogP contribution >= 0.6 is 0 Å². The van der Waals surface area contributed by atoms with Crippen molar-refractivity contribution >= 4 is 47.2 Å². The second-order valence-electron chi connectivity index (χ2n) is 11.8. The minimum Gasteiger partial charge on any atom is -0.493 e.